The zero-order valence-electron chi connectivity index (χ0n) is 14.0. The van der Waals surface area contributed by atoms with Crippen LogP contribution in [-0.2, 0) is 11.2 Å². The Labute approximate surface area is 141 Å². The van der Waals surface area contributed by atoms with Gasteiger partial charge < -0.3 is 14.2 Å². The van der Waals surface area contributed by atoms with E-state index in [0.29, 0.717) is 12.5 Å². The molecule has 2 aromatic heterocycles. The molecule has 7 nitrogen and oxygen atoms in total. The quantitative estimate of drug-likeness (QED) is 0.837. The van der Waals surface area contributed by atoms with Crippen LogP contribution >= 0.6 is 0 Å². The Morgan fingerprint density at radius 1 is 1.33 bits per heavy atom. The highest BCUT2D eigenvalue weighted by molar-refractivity contribution is 5.95. The van der Waals surface area contributed by atoms with E-state index in [0.717, 1.165) is 62.8 Å². The van der Waals surface area contributed by atoms with Crippen molar-refractivity contribution in [2.75, 3.05) is 31.1 Å². The molecule has 2 aliphatic heterocycles. The first-order valence-electron chi connectivity index (χ1n) is 8.67. The van der Waals surface area contributed by atoms with Crippen molar-refractivity contribution in [3.05, 3.63) is 30.2 Å². The summed E-state index contributed by atoms with van der Waals surface area (Å²) in [6.07, 6.45) is 9.24. The molecular formula is C17H23N5O2. The molecule has 2 saturated heterocycles. The summed E-state index contributed by atoms with van der Waals surface area (Å²) in [7, 11) is 0. The zero-order valence-corrected chi connectivity index (χ0v) is 14.0. The number of nitrogens with zero attached hydrogens (tertiary/aromatic N) is 5. The van der Waals surface area contributed by atoms with Crippen LogP contribution in [-0.4, -0.2) is 51.8 Å². The molecule has 2 fully saturated rings. The first-order chi connectivity index (χ1) is 11.7. The fourth-order valence-corrected chi connectivity index (χ4v) is 3.61. The van der Waals surface area contributed by atoms with Gasteiger partial charge in [0.2, 0.25) is 5.91 Å². The Hall–Kier alpha value is -2.15. The van der Waals surface area contributed by atoms with Gasteiger partial charge in [0, 0.05) is 52.1 Å². The number of hydrogen-bond acceptors (Lipinski definition) is 5. The fourth-order valence-electron chi connectivity index (χ4n) is 3.61. The minimum Gasteiger partial charge on any atom is -0.446 e. The van der Waals surface area contributed by atoms with E-state index in [-0.39, 0.29) is 5.91 Å². The standard InChI is InChI=1S/C17H23N5O2/c1-13-18-10-16(24-13)5-8-20-7-4-14(11-20)22-12-15(9-19-22)21-6-2-3-17(21)23/h9-10,12,14H,2-8,11H2,1H3. The predicted octanol–water partition coefficient (Wildman–Crippen LogP) is 1.80. The van der Waals surface area contributed by atoms with Gasteiger partial charge in [-0.25, -0.2) is 4.98 Å². The molecule has 1 atom stereocenters. The molecule has 0 spiro atoms. The normalized spacial score (nSPS) is 22.0. The third kappa shape index (κ3) is 3.08. The van der Waals surface area contributed by atoms with Crippen molar-refractivity contribution in [3.63, 3.8) is 0 Å². The van der Waals surface area contributed by atoms with E-state index >= 15 is 0 Å². The van der Waals surface area contributed by atoms with Crippen molar-refractivity contribution in [2.45, 2.75) is 38.6 Å². The summed E-state index contributed by atoms with van der Waals surface area (Å²) in [5, 5.41) is 4.50. The first-order valence-corrected chi connectivity index (χ1v) is 8.67. The maximum absolute atomic E-state index is 11.8. The second-order valence-corrected chi connectivity index (χ2v) is 6.67. The highest BCUT2D eigenvalue weighted by atomic mass is 16.4. The van der Waals surface area contributed by atoms with Crippen LogP contribution in [0.2, 0.25) is 0 Å². The van der Waals surface area contributed by atoms with Crippen molar-refractivity contribution < 1.29 is 9.21 Å². The molecule has 0 saturated carbocycles. The lowest BCUT2D eigenvalue weighted by molar-refractivity contribution is -0.117. The van der Waals surface area contributed by atoms with Gasteiger partial charge in [-0.15, -0.1) is 0 Å². The zero-order chi connectivity index (χ0) is 16.5. The average Bonchev–Trinajstić information content (AvgIpc) is 3.32. The van der Waals surface area contributed by atoms with Crippen LogP contribution in [0, 0.1) is 6.92 Å². The highest BCUT2D eigenvalue weighted by Gasteiger charge is 2.27. The second-order valence-electron chi connectivity index (χ2n) is 6.67. The smallest absolute Gasteiger partial charge is 0.227 e. The van der Waals surface area contributed by atoms with Crippen LogP contribution in [0.5, 0.6) is 0 Å². The van der Waals surface area contributed by atoms with Crippen molar-refractivity contribution in [1.29, 1.82) is 0 Å². The third-order valence-corrected chi connectivity index (χ3v) is 4.94. The van der Waals surface area contributed by atoms with Crippen molar-refractivity contribution in [2.24, 2.45) is 0 Å². The number of oxazole rings is 1. The largest absolute Gasteiger partial charge is 0.446 e. The summed E-state index contributed by atoms with van der Waals surface area (Å²) in [5.74, 6) is 1.89. The van der Waals surface area contributed by atoms with E-state index < -0.39 is 0 Å². The van der Waals surface area contributed by atoms with Gasteiger partial charge in [0.25, 0.3) is 0 Å². The minimum absolute atomic E-state index is 0.213. The summed E-state index contributed by atoms with van der Waals surface area (Å²) in [6.45, 7) is 5.72. The van der Waals surface area contributed by atoms with Gasteiger partial charge in [-0.1, -0.05) is 0 Å². The van der Waals surface area contributed by atoms with Gasteiger partial charge in [0.05, 0.1) is 24.1 Å². The molecule has 1 amide bonds. The number of aromatic nitrogens is 3. The summed E-state index contributed by atoms with van der Waals surface area (Å²) >= 11 is 0. The monoisotopic (exact) mass is 329 g/mol. The van der Waals surface area contributed by atoms with Crippen molar-refractivity contribution in [3.8, 4) is 0 Å². The Kier molecular flexibility index (Phi) is 4.10. The van der Waals surface area contributed by atoms with Crippen LogP contribution < -0.4 is 4.90 Å². The Balaban J connectivity index is 1.33. The summed E-state index contributed by atoms with van der Waals surface area (Å²) in [6, 6.07) is 0.382. The van der Waals surface area contributed by atoms with E-state index in [2.05, 4.69) is 15.0 Å². The number of hydrogen-bond donors (Lipinski definition) is 0. The van der Waals surface area contributed by atoms with Crippen molar-refractivity contribution >= 4 is 11.6 Å². The maximum atomic E-state index is 11.8. The Morgan fingerprint density at radius 3 is 3.00 bits per heavy atom. The number of anilines is 1. The van der Waals surface area contributed by atoms with E-state index in [1.807, 2.05) is 35.1 Å². The van der Waals surface area contributed by atoms with E-state index in [1.54, 1.807) is 0 Å². The molecule has 0 aliphatic carbocycles. The third-order valence-electron chi connectivity index (χ3n) is 4.94. The summed E-state index contributed by atoms with van der Waals surface area (Å²) < 4.78 is 7.56. The van der Waals surface area contributed by atoms with Gasteiger partial charge in [-0.2, -0.15) is 5.10 Å². The summed E-state index contributed by atoms with van der Waals surface area (Å²) in [5.41, 5.74) is 0.938. The summed E-state index contributed by atoms with van der Waals surface area (Å²) in [4.78, 5) is 20.3. The highest BCUT2D eigenvalue weighted by Crippen LogP contribution is 2.25. The van der Waals surface area contributed by atoms with Gasteiger partial charge in [-0.3, -0.25) is 9.48 Å². The molecule has 0 aromatic carbocycles. The van der Waals surface area contributed by atoms with Gasteiger partial charge in [-0.05, 0) is 12.8 Å². The minimum atomic E-state index is 0.213. The molecule has 0 bridgehead atoms. The van der Waals surface area contributed by atoms with Crippen LogP contribution in [0.4, 0.5) is 5.69 Å². The van der Waals surface area contributed by atoms with E-state index in [9.17, 15) is 4.79 Å². The SMILES string of the molecule is Cc1ncc(CCN2CCC(n3cc(N4CCCC4=O)cn3)C2)o1. The van der Waals surface area contributed by atoms with Gasteiger partial charge in [0.1, 0.15) is 5.76 Å². The lowest BCUT2D eigenvalue weighted by Gasteiger charge is -2.15. The maximum Gasteiger partial charge on any atom is 0.227 e. The fraction of sp³-hybridized carbons (Fsp3) is 0.588. The van der Waals surface area contributed by atoms with Crippen LogP contribution in [0.25, 0.3) is 0 Å². The lowest BCUT2D eigenvalue weighted by atomic mass is 10.3. The molecule has 2 aliphatic rings. The molecule has 7 heteroatoms. The van der Waals surface area contributed by atoms with Gasteiger partial charge >= 0.3 is 0 Å². The Bertz CT molecular complexity index is 722. The molecule has 4 rings (SSSR count). The van der Waals surface area contributed by atoms with E-state index in [4.69, 9.17) is 4.42 Å². The van der Waals surface area contributed by atoms with Crippen LogP contribution in [0.1, 0.15) is 37.0 Å². The molecule has 0 N–H and O–H groups in total. The Morgan fingerprint density at radius 2 is 2.25 bits per heavy atom. The van der Waals surface area contributed by atoms with Crippen LogP contribution in [0.3, 0.4) is 0 Å². The number of aryl methyl sites for hydroxylation is 1. The number of carbonyl (C=O) groups excluding carboxylic acids is 1. The number of rotatable bonds is 5. The lowest BCUT2D eigenvalue weighted by Crippen LogP contribution is -2.24. The molecule has 4 heterocycles. The van der Waals surface area contributed by atoms with Crippen LogP contribution in [0.15, 0.2) is 23.0 Å². The van der Waals surface area contributed by atoms with Gasteiger partial charge in [0.15, 0.2) is 5.89 Å². The molecule has 0 radical (unpaired) electrons. The topological polar surface area (TPSA) is 67.4 Å². The average molecular weight is 329 g/mol. The predicted molar refractivity (Wildman–Crippen MR) is 88.9 cm³/mol. The number of likely N-dealkylation sites (tertiary alicyclic amines) is 1. The second kappa shape index (κ2) is 6.39. The van der Waals surface area contributed by atoms with Crippen molar-refractivity contribution in [1.82, 2.24) is 19.7 Å². The van der Waals surface area contributed by atoms with E-state index in [1.165, 1.54) is 0 Å². The molecule has 2 aromatic rings. The molecule has 24 heavy (non-hydrogen) atoms. The number of carbonyl (C=O) groups is 1. The first kappa shape index (κ1) is 15.4. The molecule has 128 valence electrons. The molecular weight excluding hydrogens is 306 g/mol. The molecule has 1 unspecified atom stereocenters. The number of amides is 1.